The largest absolute Gasteiger partial charge is 0.496 e. The van der Waals surface area contributed by atoms with E-state index in [1.165, 1.54) is 25.3 Å². The molecule has 0 saturated carbocycles. The van der Waals surface area contributed by atoms with Gasteiger partial charge in [0.2, 0.25) is 0 Å². The summed E-state index contributed by atoms with van der Waals surface area (Å²) in [6, 6.07) is 5.79. The molecule has 5 heteroatoms. The van der Waals surface area contributed by atoms with E-state index < -0.39 is 17.5 Å². The lowest BCUT2D eigenvalue weighted by molar-refractivity contribution is 0.274. The second kappa shape index (κ2) is 5.32. The van der Waals surface area contributed by atoms with Gasteiger partial charge in [-0.25, -0.2) is 13.2 Å². The molecule has 0 aliphatic carbocycles. The fraction of sp³-hybridized carbons (Fsp3) is 0.143. The van der Waals surface area contributed by atoms with Crippen LogP contribution in [0.15, 0.2) is 30.3 Å². The SMILES string of the molecule is COc1cc(-c2cc(F)c(F)cc2F)ccc1CO. The van der Waals surface area contributed by atoms with Crippen molar-refractivity contribution in [1.29, 1.82) is 0 Å². The fourth-order valence-corrected chi connectivity index (χ4v) is 1.79. The van der Waals surface area contributed by atoms with Crippen molar-refractivity contribution < 1.29 is 23.0 Å². The summed E-state index contributed by atoms with van der Waals surface area (Å²) >= 11 is 0. The number of rotatable bonds is 3. The first-order valence-corrected chi connectivity index (χ1v) is 5.49. The topological polar surface area (TPSA) is 29.5 Å². The Morgan fingerprint density at radius 3 is 2.32 bits per heavy atom. The number of halogens is 3. The molecule has 0 aromatic heterocycles. The summed E-state index contributed by atoms with van der Waals surface area (Å²) in [4.78, 5) is 0. The fourth-order valence-electron chi connectivity index (χ4n) is 1.79. The van der Waals surface area contributed by atoms with E-state index in [9.17, 15) is 13.2 Å². The lowest BCUT2D eigenvalue weighted by atomic mass is 10.0. The maximum absolute atomic E-state index is 13.6. The van der Waals surface area contributed by atoms with Gasteiger partial charge in [0.1, 0.15) is 11.6 Å². The van der Waals surface area contributed by atoms with Crippen LogP contribution in [-0.2, 0) is 6.61 Å². The van der Waals surface area contributed by atoms with Gasteiger partial charge >= 0.3 is 0 Å². The van der Waals surface area contributed by atoms with Gasteiger partial charge in [-0.2, -0.15) is 0 Å². The predicted molar refractivity (Wildman–Crippen MR) is 64.2 cm³/mol. The smallest absolute Gasteiger partial charge is 0.161 e. The highest BCUT2D eigenvalue weighted by atomic mass is 19.2. The lowest BCUT2D eigenvalue weighted by Crippen LogP contribution is -1.95. The molecular formula is C14H11F3O2. The molecule has 2 aromatic rings. The normalized spacial score (nSPS) is 10.6. The standard InChI is InChI=1S/C14H11F3O2/c1-19-14-4-8(2-3-9(14)7-18)10-5-12(16)13(17)6-11(10)15/h2-6,18H,7H2,1H3. The molecule has 0 spiro atoms. The Balaban J connectivity index is 2.56. The summed E-state index contributed by atoms with van der Waals surface area (Å²) in [5, 5.41) is 9.08. The van der Waals surface area contributed by atoms with Crippen molar-refractivity contribution in [1.82, 2.24) is 0 Å². The van der Waals surface area contributed by atoms with Crippen LogP contribution < -0.4 is 4.74 Å². The maximum Gasteiger partial charge on any atom is 0.161 e. The second-order valence-electron chi connectivity index (χ2n) is 3.93. The maximum atomic E-state index is 13.6. The molecule has 2 aromatic carbocycles. The van der Waals surface area contributed by atoms with Crippen LogP contribution in [0, 0.1) is 17.5 Å². The van der Waals surface area contributed by atoms with Gasteiger partial charge in [-0.05, 0) is 17.7 Å². The number of aliphatic hydroxyl groups excluding tert-OH is 1. The van der Waals surface area contributed by atoms with E-state index in [2.05, 4.69) is 0 Å². The minimum absolute atomic E-state index is 0.0679. The molecule has 0 unspecified atom stereocenters. The molecule has 0 bridgehead atoms. The zero-order chi connectivity index (χ0) is 14.0. The number of hydrogen-bond acceptors (Lipinski definition) is 2. The molecule has 2 rings (SSSR count). The summed E-state index contributed by atoms with van der Waals surface area (Å²) in [5.41, 5.74) is 0.793. The van der Waals surface area contributed by atoms with Gasteiger partial charge in [0, 0.05) is 17.2 Å². The highest BCUT2D eigenvalue weighted by molar-refractivity contribution is 5.66. The molecule has 0 amide bonds. The first-order chi connectivity index (χ1) is 9.06. The van der Waals surface area contributed by atoms with Gasteiger partial charge in [0.05, 0.1) is 13.7 Å². The van der Waals surface area contributed by atoms with Crippen molar-refractivity contribution >= 4 is 0 Å². The Morgan fingerprint density at radius 2 is 1.68 bits per heavy atom. The zero-order valence-electron chi connectivity index (χ0n) is 10.1. The molecule has 0 aliphatic heterocycles. The van der Waals surface area contributed by atoms with E-state index in [0.717, 1.165) is 6.07 Å². The van der Waals surface area contributed by atoms with Gasteiger partial charge in [-0.15, -0.1) is 0 Å². The molecule has 19 heavy (non-hydrogen) atoms. The lowest BCUT2D eigenvalue weighted by Gasteiger charge is -2.10. The van der Waals surface area contributed by atoms with E-state index in [0.29, 0.717) is 22.9 Å². The van der Waals surface area contributed by atoms with Crippen LogP contribution in [0.1, 0.15) is 5.56 Å². The molecule has 0 heterocycles. The Bertz CT molecular complexity index is 612. The Labute approximate surface area is 108 Å². The van der Waals surface area contributed by atoms with Crippen molar-refractivity contribution in [3.63, 3.8) is 0 Å². The first kappa shape index (κ1) is 13.4. The molecule has 0 saturated heterocycles. The van der Waals surface area contributed by atoms with Crippen molar-refractivity contribution in [2.75, 3.05) is 7.11 Å². The molecule has 0 fully saturated rings. The van der Waals surface area contributed by atoms with Crippen LogP contribution in [0.25, 0.3) is 11.1 Å². The summed E-state index contributed by atoms with van der Waals surface area (Å²) < 4.78 is 44.7. The van der Waals surface area contributed by atoms with E-state index in [1.54, 1.807) is 0 Å². The number of aliphatic hydroxyl groups is 1. The van der Waals surface area contributed by atoms with Gasteiger partial charge < -0.3 is 9.84 Å². The third kappa shape index (κ3) is 2.56. The molecule has 100 valence electrons. The summed E-state index contributed by atoms with van der Waals surface area (Å²) in [5.74, 6) is -2.87. The van der Waals surface area contributed by atoms with Gasteiger partial charge in [0.15, 0.2) is 11.6 Å². The van der Waals surface area contributed by atoms with Crippen LogP contribution >= 0.6 is 0 Å². The van der Waals surface area contributed by atoms with E-state index in [-0.39, 0.29) is 12.2 Å². The average molecular weight is 268 g/mol. The summed E-state index contributed by atoms with van der Waals surface area (Å²) in [7, 11) is 1.40. The van der Waals surface area contributed by atoms with Gasteiger partial charge in [-0.1, -0.05) is 12.1 Å². The Morgan fingerprint density at radius 1 is 1.00 bits per heavy atom. The summed E-state index contributed by atoms with van der Waals surface area (Å²) in [6.45, 7) is -0.232. The highest BCUT2D eigenvalue weighted by Gasteiger charge is 2.13. The van der Waals surface area contributed by atoms with Crippen molar-refractivity contribution in [2.24, 2.45) is 0 Å². The van der Waals surface area contributed by atoms with E-state index in [4.69, 9.17) is 9.84 Å². The van der Waals surface area contributed by atoms with Crippen molar-refractivity contribution in [2.45, 2.75) is 6.61 Å². The number of ether oxygens (including phenoxy) is 1. The third-order valence-electron chi connectivity index (χ3n) is 2.78. The monoisotopic (exact) mass is 268 g/mol. The summed E-state index contributed by atoms with van der Waals surface area (Å²) in [6.07, 6.45) is 0. The van der Waals surface area contributed by atoms with E-state index in [1.807, 2.05) is 0 Å². The third-order valence-corrected chi connectivity index (χ3v) is 2.78. The molecule has 2 nitrogen and oxygen atoms in total. The van der Waals surface area contributed by atoms with Crippen LogP contribution in [0.3, 0.4) is 0 Å². The van der Waals surface area contributed by atoms with Crippen LogP contribution in [0.4, 0.5) is 13.2 Å². The Kier molecular flexibility index (Phi) is 3.76. The zero-order valence-corrected chi connectivity index (χ0v) is 10.1. The first-order valence-electron chi connectivity index (χ1n) is 5.49. The minimum Gasteiger partial charge on any atom is -0.496 e. The molecular weight excluding hydrogens is 257 g/mol. The van der Waals surface area contributed by atoms with Gasteiger partial charge in [0.25, 0.3) is 0 Å². The molecule has 1 N–H and O–H groups in total. The van der Waals surface area contributed by atoms with Crippen LogP contribution in [-0.4, -0.2) is 12.2 Å². The second-order valence-corrected chi connectivity index (χ2v) is 3.93. The van der Waals surface area contributed by atoms with Crippen molar-refractivity contribution in [3.8, 4) is 16.9 Å². The quantitative estimate of drug-likeness (QED) is 0.866. The van der Waals surface area contributed by atoms with Crippen LogP contribution in [0.5, 0.6) is 5.75 Å². The van der Waals surface area contributed by atoms with Gasteiger partial charge in [-0.3, -0.25) is 0 Å². The molecule has 0 atom stereocenters. The van der Waals surface area contributed by atoms with E-state index >= 15 is 0 Å². The predicted octanol–water partition coefficient (Wildman–Crippen LogP) is 3.27. The number of benzene rings is 2. The average Bonchev–Trinajstić information content (AvgIpc) is 2.42. The molecule has 0 radical (unpaired) electrons. The minimum atomic E-state index is -1.24. The Hall–Kier alpha value is -2.01. The number of hydrogen-bond donors (Lipinski definition) is 1. The number of methoxy groups -OCH3 is 1. The van der Waals surface area contributed by atoms with Crippen molar-refractivity contribution in [3.05, 3.63) is 53.3 Å². The van der Waals surface area contributed by atoms with Crippen LogP contribution in [0.2, 0.25) is 0 Å². The highest BCUT2D eigenvalue weighted by Crippen LogP contribution is 2.30. The molecule has 0 aliphatic rings.